The van der Waals surface area contributed by atoms with E-state index in [2.05, 4.69) is 0 Å². The third kappa shape index (κ3) is 2.96. The molecule has 1 unspecified atom stereocenters. The lowest BCUT2D eigenvalue weighted by Gasteiger charge is -2.27. The van der Waals surface area contributed by atoms with Crippen LogP contribution in [0.25, 0.3) is 0 Å². The van der Waals surface area contributed by atoms with Crippen molar-refractivity contribution in [2.45, 2.75) is 38.4 Å². The summed E-state index contributed by atoms with van der Waals surface area (Å²) in [4.78, 5) is 0. The number of hydrogen-bond acceptors (Lipinski definition) is 4. The Hall–Kier alpha value is -0.130. The van der Waals surface area contributed by atoms with Crippen molar-refractivity contribution in [3.05, 3.63) is 0 Å². The maximum atomic E-state index is 12.0. The van der Waals surface area contributed by atoms with E-state index < -0.39 is 14.6 Å². The van der Waals surface area contributed by atoms with Gasteiger partial charge in [-0.25, -0.2) is 8.42 Å². The highest BCUT2D eigenvalue weighted by Crippen LogP contribution is 2.32. The zero-order valence-corrected chi connectivity index (χ0v) is 11.3. The van der Waals surface area contributed by atoms with Crippen LogP contribution in [0.1, 0.15) is 33.6 Å². The fraction of sp³-hybridized carbons (Fsp3) is 1.00. The maximum absolute atomic E-state index is 12.0. The highest BCUT2D eigenvalue weighted by Gasteiger charge is 2.37. The molecule has 0 bridgehead atoms. The monoisotopic (exact) mass is 249 g/mol. The van der Waals surface area contributed by atoms with E-state index in [1.54, 1.807) is 20.8 Å². The minimum atomic E-state index is -3.04. The molecule has 4 nitrogen and oxygen atoms in total. The summed E-state index contributed by atoms with van der Waals surface area (Å²) in [6.45, 7) is 7.02. The van der Waals surface area contributed by atoms with Gasteiger partial charge in [0.25, 0.3) is 0 Å². The van der Waals surface area contributed by atoms with Gasteiger partial charge in [-0.2, -0.15) is 0 Å². The minimum absolute atomic E-state index is 0.113. The first-order valence-corrected chi connectivity index (χ1v) is 7.38. The zero-order chi connectivity index (χ0) is 12.4. The third-order valence-corrected chi connectivity index (χ3v) is 6.06. The van der Waals surface area contributed by atoms with E-state index >= 15 is 0 Å². The molecular formula is C11H23NO3S. The topological polar surface area (TPSA) is 69.4 Å². The second-order valence-electron chi connectivity index (χ2n) is 5.69. The summed E-state index contributed by atoms with van der Waals surface area (Å²) in [5, 5.41) is 0. The second kappa shape index (κ2) is 4.63. The quantitative estimate of drug-likeness (QED) is 0.805. The molecule has 0 amide bonds. The van der Waals surface area contributed by atoms with Crippen LogP contribution in [-0.4, -0.2) is 38.7 Å². The Bertz CT molecular complexity index is 324. The first kappa shape index (κ1) is 13.9. The van der Waals surface area contributed by atoms with Crippen molar-refractivity contribution in [1.29, 1.82) is 0 Å². The molecule has 0 aromatic rings. The van der Waals surface area contributed by atoms with Gasteiger partial charge in [-0.15, -0.1) is 0 Å². The lowest BCUT2D eigenvalue weighted by Crippen LogP contribution is -2.37. The molecule has 1 aliphatic rings. The van der Waals surface area contributed by atoms with Crippen LogP contribution < -0.4 is 5.73 Å². The average molecular weight is 249 g/mol. The van der Waals surface area contributed by atoms with Gasteiger partial charge in [-0.3, -0.25) is 0 Å². The molecule has 0 aromatic heterocycles. The summed E-state index contributed by atoms with van der Waals surface area (Å²) < 4.78 is 28.6. The predicted octanol–water partition coefficient (Wildman–Crippen LogP) is 0.955. The molecule has 1 fully saturated rings. The molecule has 0 aromatic carbocycles. The summed E-state index contributed by atoms with van der Waals surface area (Å²) in [7, 11) is -3.04. The van der Waals surface area contributed by atoms with Crippen LogP contribution in [0.15, 0.2) is 0 Å². The number of ether oxygens (including phenoxy) is 1. The van der Waals surface area contributed by atoms with Crippen LogP contribution >= 0.6 is 0 Å². The highest BCUT2D eigenvalue weighted by molar-refractivity contribution is 7.92. The van der Waals surface area contributed by atoms with Gasteiger partial charge in [0.05, 0.1) is 17.1 Å². The van der Waals surface area contributed by atoms with Crippen molar-refractivity contribution < 1.29 is 13.2 Å². The summed E-state index contributed by atoms with van der Waals surface area (Å²) >= 11 is 0. The normalized spacial score (nSPS) is 27.2. The Kier molecular flexibility index (Phi) is 4.03. The van der Waals surface area contributed by atoms with Gasteiger partial charge in [0, 0.05) is 18.6 Å². The number of rotatable bonds is 4. The largest absolute Gasteiger partial charge is 0.381 e. The van der Waals surface area contributed by atoms with Gasteiger partial charge in [-0.1, -0.05) is 0 Å². The van der Waals surface area contributed by atoms with Crippen molar-refractivity contribution in [1.82, 2.24) is 0 Å². The second-order valence-corrected chi connectivity index (χ2v) is 8.55. The predicted molar refractivity (Wildman–Crippen MR) is 65.1 cm³/mol. The standard InChI is InChI=1S/C11H23NO3S/c1-10(2,3)16(13,14)7-5-11(8-12)4-6-15-9-11/h4-9,12H2,1-3H3. The molecule has 0 saturated carbocycles. The minimum Gasteiger partial charge on any atom is -0.381 e. The molecule has 96 valence electrons. The van der Waals surface area contributed by atoms with Gasteiger partial charge < -0.3 is 10.5 Å². The smallest absolute Gasteiger partial charge is 0.155 e. The molecule has 1 aliphatic heterocycles. The van der Waals surface area contributed by atoms with E-state index in [0.717, 1.165) is 6.42 Å². The van der Waals surface area contributed by atoms with Crippen LogP contribution in [0, 0.1) is 5.41 Å². The van der Waals surface area contributed by atoms with Crippen molar-refractivity contribution in [2.24, 2.45) is 11.1 Å². The zero-order valence-electron chi connectivity index (χ0n) is 10.5. The summed E-state index contributed by atoms with van der Waals surface area (Å²) in [5.41, 5.74) is 5.62. The molecule has 5 heteroatoms. The van der Waals surface area contributed by atoms with E-state index in [0.29, 0.717) is 26.2 Å². The first-order chi connectivity index (χ1) is 7.22. The number of hydrogen-bond donors (Lipinski definition) is 1. The van der Waals surface area contributed by atoms with Gasteiger partial charge >= 0.3 is 0 Å². The molecule has 0 aliphatic carbocycles. The van der Waals surface area contributed by atoms with E-state index in [4.69, 9.17) is 10.5 Å². The van der Waals surface area contributed by atoms with Gasteiger partial charge in [-0.05, 0) is 33.6 Å². The molecular weight excluding hydrogens is 226 g/mol. The Labute approximate surface area is 98.5 Å². The van der Waals surface area contributed by atoms with E-state index in [-0.39, 0.29) is 11.2 Å². The number of nitrogens with two attached hydrogens (primary N) is 1. The van der Waals surface area contributed by atoms with E-state index in [9.17, 15) is 8.42 Å². The summed E-state index contributed by atoms with van der Waals surface area (Å²) in [6, 6.07) is 0. The molecule has 1 rings (SSSR count). The van der Waals surface area contributed by atoms with E-state index in [1.807, 2.05) is 0 Å². The lowest BCUT2D eigenvalue weighted by molar-refractivity contribution is 0.153. The SMILES string of the molecule is CC(C)(C)S(=O)(=O)CCC1(CN)CCOC1. The molecule has 0 radical (unpaired) electrons. The fourth-order valence-electron chi connectivity index (χ4n) is 1.77. The highest BCUT2D eigenvalue weighted by atomic mass is 32.2. The van der Waals surface area contributed by atoms with Crippen molar-refractivity contribution >= 4 is 9.84 Å². The molecule has 0 spiro atoms. The molecule has 1 atom stereocenters. The van der Waals surface area contributed by atoms with Crippen LogP contribution in [0.2, 0.25) is 0 Å². The van der Waals surface area contributed by atoms with Crippen LogP contribution in [0.4, 0.5) is 0 Å². The molecule has 2 N–H and O–H groups in total. The van der Waals surface area contributed by atoms with Crippen LogP contribution in [-0.2, 0) is 14.6 Å². The van der Waals surface area contributed by atoms with Crippen molar-refractivity contribution in [3.63, 3.8) is 0 Å². The van der Waals surface area contributed by atoms with E-state index in [1.165, 1.54) is 0 Å². The molecule has 16 heavy (non-hydrogen) atoms. The van der Waals surface area contributed by atoms with Gasteiger partial charge in [0.15, 0.2) is 9.84 Å². The Balaban J connectivity index is 2.64. The Morgan fingerprint density at radius 3 is 2.38 bits per heavy atom. The summed E-state index contributed by atoms with van der Waals surface area (Å²) in [5.74, 6) is 0.205. The van der Waals surface area contributed by atoms with Crippen LogP contribution in [0.5, 0.6) is 0 Å². The van der Waals surface area contributed by atoms with Crippen molar-refractivity contribution in [3.8, 4) is 0 Å². The lowest BCUT2D eigenvalue weighted by atomic mass is 9.85. The maximum Gasteiger partial charge on any atom is 0.155 e. The van der Waals surface area contributed by atoms with Gasteiger partial charge in [0.1, 0.15) is 0 Å². The fourth-order valence-corrected chi connectivity index (χ4v) is 3.08. The number of sulfone groups is 1. The average Bonchev–Trinajstić information content (AvgIpc) is 2.62. The first-order valence-electron chi connectivity index (χ1n) is 5.73. The summed E-state index contributed by atoms with van der Waals surface area (Å²) in [6.07, 6.45) is 1.49. The Morgan fingerprint density at radius 2 is 2.00 bits per heavy atom. The third-order valence-electron chi connectivity index (χ3n) is 3.45. The van der Waals surface area contributed by atoms with Crippen LogP contribution in [0.3, 0.4) is 0 Å². The molecule has 1 heterocycles. The Morgan fingerprint density at radius 1 is 1.38 bits per heavy atom. The van der Waals surface area contributed by atoms with Gasteiger partial charge in [0.2, 0.25) is 0 Å². The molecule has 1 saturated heterocycles. The van der Waals surface area contributed by atoms with Crippen molar-refractivity contribution in [2.75, 3.05) is 25.5 Å².